The molecule has 1 aliphatic heterocycles. The van der Waals surface area contributed by atoms with Gasteiger partial charge in [0.1, 0.15) is 6.04 Å². The summed E-state index contributed by atoms with van der Waals surface area (Å²) in [4.78, 5) is 13.6. The van der Waals surface area contributed by atoms with E-state index in [-0.39, 0.29) is 16.8 Å². The first-order valence-corrected chi connectivity index (χ1v) is 6.07. The van der Waals surface area contributed by atoms with Crippen LogP contribution in [0, 0.1) is 0 Å². The number of rotatable bonds is 3. The minimum Gasteiger partial charge on any atom is -0.468 e. The molecule has 1 unspecified atom stereocenters. The number of methoxy groups -OCH3 is 1. The fourth-order valence-electron chi connectivity index (χ4n) is 1.81. The molecule has 1 atom stereocenters. The van der Waals surface area contributed by atoms with Crippen molar-refractivity contribution < 1.29 is 9.53 Å². The number of nitrogens with zero attached hydrogens (tertiary/aromatic N) is 1. The number of ether oxygens (including phenoxy) is 1. The maximum absolute atomic E-state index is 11.5. The van der Waals surface area contributed by atoms with Crippen molar-refractivity contribution in [2.45, 2.75) is 24.6 Å². The van der Waals surface area contributed by atoms with Crippen LogP contribution < -0.4 is 0 Å². The molecule has 1 fully saturated rings. The van der Waals surface area contributed by atoms with Gasteiger partial charge in [0.15, 0.2) is 0 Å². The Kier molecular flexibility index (Phi) is 4.22. The van der Waals surface area contributed by atoms with Gasteiger partial charge < -0.3 is 4.74 Å². The van der Waals surface area contributed by atoms with Crippen LogP contribution in [0.1, 0.15) is 13.8 Å². The van der Waals surface area contributed by atoms with Gasteiger partial charge in [-0.2, -0.15) is 11.8 Å². The van der Waals surface area contributed by atoms with Crippen molar-refractivity contribution in [1.29, 1.82) is 0 Å². The third-order valence-electron chi connectivity index (χ3n) is 2.51. The summed E-state index contributed by atoms with van der Waals surface area (Å²) in [5.41, 5.74) is 0. The number of hydrogen-bond donors (Lipinski definition) is 0. The molecule has 15 heavy (non-hydrogen) atoms. The van der Waals surface area contributed by atoms with Gasteiger partial charge in [0, 0.05) is 23.6 Å². The third-order valence-corrected chi connectivity index (χ3v) is 3.81. The molecule has 0 N–H and O–H groups in total. The van der Waals surface area contributed by atoms with Crippen molar-refractivity contribution in [3.63, 3.8) is 0 Å². The van der Waals surface area contributed by atoms with Gasteiger partial charge >= 0.3 is 5.97 Å². The first kappa shape index (κ1) is 12.6. The first-order chi connectivity index (χ1) is 7.00. The lowest BCUT2D eigenvalue weighted by Gasteiger charge is -2.39. The summed E-state index contributed by atoms with van der Waals surface area (Å²) in [5, 5.41) is 0. The van der Waals surface area contributed by atoms with Crippen molar-refractivity contribution in [3.8, 4) is 0 Å². The molecule has 0 spiro atoms. The summed E-state index contributed by atoms with van der Waals surface area (Å²) in [7, 11) is 1.42. The monoisotopic (exact) mass is 229 g/mol. The molecule has 0 aromatic rings. The molecule has 86 valence electrons. The van der Waals surface area contributed by atoms with Crippen molar-refractivity contribution in [2.24, 2.45) is 0 Å². The molecular formula is C11H19NO2S. The molecule has 1 rings (SSSR count). The Morgan fingerprint density at radius 3 is 2.80 bits per heavy atom. The van der Waals surface area contributed by atoms with E-state index in [1.54, 1.807) is 6.08 Å². The van der Waals surface area contributed by atoms with E-state index in [9.17, 15) is 4.79 Å². The fourth-order valence-corrected chi connectivity index (χ4v) is 2.94. The van der Waals surface area contributed by atoms with E-state index >= 15 is 0 Å². The van der Waals surface area contributed by atoms with Crippen molar-refractivity contribution in [1.82, 2.24) is 4.90 Å². The molecule has 0 radical (unpaired) electrons. The van der Waals surface area contributed by atoms with Gasteiger partial charge in [0.25, 0.3) is 0 Å². The smallest absolute Gasteiger partial charge is 0.327 e. The van der Waals surface area contributed by atoms with Gasteiger partial charge in [0.05, 0.1) is 7.11 Å². The minimum absolute atomic E-state index is 0.202. The molecule has 0 aromatic carbocycles. The van der Waals surface area contributed by atoms with Gasteiger partial charge in [0.2, 0.25) is 0 Å². The molecule has 1 saturated heterocycles. The molecule has 1 heterocycles. The lowest BCUT2D eigenvalue weighted by molar-refractivity contribution is -0.145. The second-order valence-corrected chi connectivity index (χ2v) is 6.08. The normalized spacial score (nSPS) is 23.1. The molecule has 0 aromatic heterocycles. The molecule has 4 heteroatoms. The molecule has 3 nitrogen and oxygen atoms in total. The quantitative estimate of drug-likeness (QED) is 0.542. The topological polar surface area (TPSA) is 29.5 Å². The lowest BCUT2D eigenvalue weighted by Crippen LogP contribution is -2.50. The van der Waals surface area contributed by atoms with Crippen LogP contribution >= 0.6 is 11.8 Å². The van der Waals surface area contributed by atoms with E-state index in [0.717, 1.165) is 18.8 Å². The highest BCUT2D eigenvalue weighted by Crippen LogP contribution is 2.30. The van der Waals surface area contributed by atoms with Crippen LogP contribution in [0.2, 0.25) is 0 Å². The van der Waals surface area contributed by atoms with Crippen molar-refractivity contribution in [2.75, 3.05) is 26.0 Å². The Hall–Kier alpha value is -0.480. The predicted octanol–water partition coefficient (Wildman–Crippen LogP) is 1.54. The summed E-state index contributed by atoms with van der Waals surface area (Å²) >= 11 is 1.94. The maximum atomic E-state index is 11.5. The summed E-state index contributed by atoms with van der Waals surface area (Å²) in [5.74, 6) is 0.835. The van der Waals surface area contributed by atoms with Crippen molar-refractivity contribution in [3.05, 3.63) is 12.7 Å². The number of carbonyl (C=O) groups excluding carboxylic acids is 1. The zero-order chi connectivity index (χ0) is 11.5. The van der Waals surface area contributed by atoms with E-state index in [2.05, 4.69) is 25.3 Å². The van der Waals surface area contributed by atoms with Gasteiger partial charge in [-0.1, -0.05) is 6.08 Å². The molecule has 1 aliphatic rings. The van der Waals surface area contributed by atoms with Crippen LogP contribution in [0.25, 0.3) is 0 Å². The number of thioether (sulfide) groups is 1. The lowest BCUT2D eigenvalue weighted by atomic mass is 10.1. The summed E-state index contributed by atoms with van der Waals surface area (Å²) in [6.07, 6.45) is 1.66. The van der Waals surface area contributed by atoms with E-state index in [4.69, 9.17) is 4.74 Å². The Bertz CT molecular complexity index is 253. The van der Waals surface area contributed by atoms with E-state index in [0.29, 0.717) is 0 Å². The third kappa shape index (κ3) is 3.24. The zero-order valence-corrected chi connectivity index (χ0v) is 10.5. The first-order valence-electron chi connectivity index (χ1n) is 5.08. The largest absolute Gasteiger partial charge is 0.468 e. The Labute approximate surface area is 95.9 Å². The molecule has 0 aliphatic carbocycles. The zero-order valence-electron chi connectivity index (χ0n) is 9.66. The van der Waals surface area contributed by atoms with Crippen LogP contribution in [0.4, 0.5) is 0 Å². The van der Waals surface area contributed by atoms with E-state index < -0.39 is 0 Å². The van der Waals surface area contributed by atoms with Crippen LogP contribution in [-0.4, -0.2) is 47.6 Å². The summed E-state index contributed by atoms with van der Waals surface area (Å²) in [6.45, 7) is 9.90. The summed E-state index contributed by atoms with van der Waals surface area (Å²) in [6, 6.07) is -0.296. The van der Waals surface area contributed by atoms with Gasteiger partial charge in [-0.25, -0.2) is 0 Å². The maximum Gasteiger partial charge on any atom is 0.327 e. The number of carbonyl (C=O) groups is 1. The average molecular weight is 229 g/mol. The van der Waals surface area contributed by atoms with Crippen molar-refractivity contribution >= 4 is 17.7 Å². The molecular weight excluding hydrogens is 210 g/mol. The molecule has 0 saturated carbocycles. The highest BCUT2D eigenvalue weighted by molar-refractivity contribution is 8.00. The van der Waals surface area contributed by atoms with Gasteiger partial charge in [-0.3, -0.25) is 9.69 Å². The summed E-state index contributed by atoms with van der Waals surface area (Å²) < 4.78 is 4.97. The van der Waals surface area contributed by atoms with E-state index in [1.807, 2.05) is 11.8 Å². The van der Waals surface area contributed by atoms with Crippen LogP contribution in [0.3, 0.4) is 0 Å². The van der Waals surface area contributed by atoms with Crippen LogP contribution in [-0.2, 0) is 9.53 Å². The highest BCUT2D eigenvalue weighted by atomic mass is 32.2. The van der Waals surface area contributed by atoms with Gasteiger partial charge in [-0.05, 0) is 13.8 Å². The number of hydrogen-bond acceptors (Lipinski definition) is 4. The number of esters is 1. The minimum atomic E-state index is -0.296. The Morgan fingerprint density at radius 1 is 1.67 bits per heavy atom. The van der Waals surface area contributed by atoms with Crippen LogP contribution in [0.15, 0.2) is 12.7 Å². The average Bonchev–Trinajstić information content (AvgIpc) is 2.17. The standard InChI is InChI=1S/C11H19NO2S/c1-5-9(10(13)14-4)12-6-7-15-11(2,3)8-12/h5,9H,1,6-8H2,2-4H3. The second kappa shape index (κ2) is 5.03. The Morgan fingerprint density at radius 2 is 2.33 bits per heavy atom. The van der Waals surface area contributed by atoms with E-state index in [1.165, 1.54) is 7.11 Å². The van der Waals surface area contributed by atoms with Crippen LogP contribution in [0.5, 0.6) is 0 Å². The Balaban J connectivity index is 2.68. The second-order valence-electron chi connectivity index (χ2n) is 4.28. The van der Waals surface area contributed by atoms with Gasteiger partial charge in [-0.15, -0.1) is 6.58 Å². The SMILES string of the molecule is C=CC(C(=O)OC)N1CCSC(C)(C)C1. The molecule has 0 bridgehead atoms. The fraction of sp³-hybridized carbons (Fsp3) is 0.727. The predicted molar refractivity (Wildman–Crippen MR) is 64.1 cm³/mol. The highest BCUT2D eigenvalue weighted by Gasteiger charge is 2.33. The molecule has 0 amide bonds.